The highest BCUT2D eigenvalue weighted by Crippen LogP contribution is 2.25. The van der Waals surface area contributed by atoms with Gasteiger partial charge in [0.2, 0.25) is 0 Å². The summed E-state index contributed by atoms with van der Waals surface area (Å²) < 4.78 is 12.8. The van der Waals surface area contributed by atoms with Crippen molar-refractivity contribution < 1.29 is 4.39 Å². The fourth-order valence-electron chi connectivity index (χ4n) is 1.90. The molecule has 0 nitrogen and oxygen atoms in total. The second-order valence-electron chi connectivity index (χ2n) is 5.88. The minimum atomic E-state index is -0.231. The van der Waals surface area contributed by atoms with Gasteiger partial charge in [-0.15, -0.1) is 22.7 Å². The lowest BCUT2D eigenvalue weighted by Crippen LogP contribution is -1.84. The smallest absolute Gasteiger partial charge is 0.127 e. The van der Waals surface area contributed by atoms with Gasteiger partial charge in [0.05, 0.1) is 5.02 Å². The molecule has 2 aromatic heterocycles. The average Bonchev–Trinajstić information content (AvgIpc) is 3.05. The Morgan fingerprint density at radius 2 is 1.44 bits per heavy atom. The summed E-state index contributed by atoms with van der Waals surface area (Å²) in [4.78, 5) is 2.61. The van der Waals surface area contributed by atoms with Crippen molar-refractivity contribution in [3.8, 4) is 0 Å². The maximum Gasteiger partial charge on any atom is 0.127 e. The van der Waals surface area contributed by atoms with Crippen molar-refractivity contribution in [2.75, 3.05) is 0 Å². The molecular weight excluding hydrogens is 394 g/mol. The fraction of sp³-hybridized carbons (Fsp3) is 0.300. The molecule has 0 bridgehead atoms. The predicted octanol–water partition coefficient (Wildman–Crippen LogP) is 8.48. The summed E-state index contributed by atoms with van der Waals surface area (Å²) in [5, 5.41) is 5.65. The lowest BCUT2D eigenvalue weighted by Gasteiger charge is -1.99. The molecular formula is C20H23Cl2FS2. The number of rotatable bonds is 0. The molecule has 0 aliphatic heterocycles. The van der Waals surface area contributed by atoms with Crippen LogP contribution in [0.5, 0.6) is 0 Å². The standard InChI is InChI=1S/C8H8ClF.C6H7ClS.C6H8S/c1-5-3-7(9)6(2)8(10)4-5;1-4-3-8-5(2)6(4)7;1-5-3-6(2)7-4-5/h3-4H,1-2H3;3H,1-2H3;3-4H,1-2H3. The van der Waals surface area contributed by atoms with Crippen LogP contribution < -0.4 is 0 Å². The first-order valence-electron chi connectivity index (χ1n) is 7.76. The van der Waals surface area contributed by atoms with Gasteiger partial charge in [-0.25, -0.2) is 4.39 Å². The molecule has 1 aromatic carbocycles. The van der Waals surface area contributed by atoms with Crippen LogP contribution in [0.3, 0.4) is 0 Å². The normalized spacial score (nSPS) is 9.80. The van der Waals surface area contributed by atoms with Crippen LogP contribution in [0.2, 0.25) is 10.0 Å². The Morgan fingerprint density at radius 3 is 1.72 bits per heavy atom. The number of benzene rings is 1. The van der Waals surface area contributed by atoms with Gasteiger partial charge in [-0.3, -0.25) is 0 Å². The summed E-state index contributed by atoms with van der Waals surface area (Å²) in [6.45, 7) is 11.8. The van der Waals surface area contributed by atoms with E-state index in [-0.39, 0.29) is 5.82 Å². The zero-order valence-electron chi connectivity index (χ0n) is 15.3. The van der Waals surface area contributed by atoms with Crippen molar-refractivity contribution in [2.45, 2.75) is 41.5 Å². The van der Waals surface area contributed by atoms with E-state index in [4.69, 9.17) is 23.2 Å². The van der Waals surface area contributed by atoms with Gasteiger partial charge in [-0.1, -0.05) is 23.2 Å². The van der Waals surface area contributed by atoms with Gasteiger partial charge < -0.3 is 0 Å². The van der Waals surface area contributed by atoms with Gasteiger partial charge in [-0.2, -0.15) is 0 Å². The molecule has 0 unspecified atom stereocenters. The van der Waals surface area contributed by atoms with Crippen molar-refractivity contribution >= 4 is 45.9 Å². The van der Waals surface area contributed by atoms with Crippen molar-refractivity contribution in [1.29, 1.82) is 0 Å². The Hall–Kier alpha value is -0.870. The molecule has 0 aliphatic carbocycles. The molecule has 0 radical (unpaired) electrons. The number of halogens is 3. The zero-order valence-corrected chi connectivity index (χ0v) is 18.5. The molecule has 0 N–H and O–H groups in total. The Balaban J connectivity index is 0.000000191. The van der Waals surface area contributed by atoms with Crippen LogP contribution in [0.25, 0.3) is 0 Å². The molecule has 3 aromatic rings. The van der Waals surface area contributed by atoms with E-state index in [1.165, 1.54) is 26.9 Å². The highest BCUT2D eigenvalue weighted by Gasteiger charge is 2.01. The molecule has 2 heterocycles. The van der Waals surface area contributed by atoms with Crippen LogP contribution in [-0.2, 0) is 0 Å². The highest BCUT2D eigenvalue weighted by atomic mass is 35.5. The maximum atomic E-state index is 12.8. The summed E-state index contributed by atoms with van der Waals surface area (Å²) in [5.74, 6) is -0.231. The van der Waals surface area contributed by atoms with Gasteiger partial charge in [0.1, 0.15) is 5.82 Å². The Morgan fingerprint density at radius 1 is 0.800 bits per heavy atom. The second-order valence-corrected chi connectivity index (χ2v) is 8.86. The Kier molecular flexibility index (Phi) is 9.15. The third-order valence-corrected chi connectivity index (χ3v) is 6.45. The molecule has 0 amide bonds. The van der Waals surface area contributed by atoms with Crippen molar-refractivity contribution in [3.63, 3.8) is 0 Å². The third kappa shape index (κ3) is 7.49. The van der Waals surface area contributed by atoms with E-state index in [2.05, 4.69) is 30.7 Å². The van der Waals surface area contributed by atoms with E-state index < -0.39 is 0 Å². The van der Waals surface area contributed by atoms with Crippen LogP contribution >= 0.6 is 45.9 Å². The molecule has 0 saturated carbocycles. The number of hydrogen-bond acceptors (Lipinski definition) is 2. The first-order valence-corrected chi connectivity index (χ1v) is 10.3. The third-order valence-electron chi connectivity index (χ3n) is 3.35. The molecule has 0 atom stereocenters. The van der Waals surface area contributed by atoms with Gasteiger partial charge in [0.25, 0.3) is 0 Å². The molecule has 5 heteroatoms. The molecule has 0 aliphatic rings. The van der Waals surface area contributed by atoms with E-state index in [0.717, 1.165) is 10.6 Å². The number of thiophene rings is 2. The first-order chi connectivity index (χ1) is 11.6. The number of hydrogen-bond donors (Lipinski definition) is 0. The quantitative estimate of drug-likeness (QED) is 0.344. The lowest BCUT2D eigenvalue weighted by molar-refractivity contribution is 0.617. The molecule has 0 spiro atoms. The SMILES string of the molecule is Cc1cc(F)c(C)c(Cl)c1.Cc1csc(C)c1.Cc1csc(C)c1Cl. The van der Waals surface area contributed by atoms with E-state index >= 15 is 0 Å². The van der Waals surface area contributed by atoms with Gasteiger partial charge >= 0.3 is 0 Å². The predicted molar refractivity (Wildman–Crippen MR) is 113 cm³/mol. The summed E-state index contributed by atoms with van der Waals surface area (Å²) in [6, 6.07) is 5.41. The van der Waals surface area contributed by atoms with Crippen LogP contribution in [0.1, 0.15) is 32.0 Å². The number of aryl methyl sites for hydroxylation is 5. The maximum absolute atomic E-state index is 12.8. The highest BCUT2D eigenvalue weighted by molar-refractivity contribution is 7.10. The topological polar surface area (TPSA) is 0 Å². The Bertz CT molecular complexity index is 760. The van der Waals surface area contributed by atoms with Gasteiger partial charge in [-0.05, 0) is 87.2 Å². The monoisotopic (exact) mass is 416 g/mol. The van der Waals surface area contributed by atoms with Crippen LogP contribution in [-0.4, -0.2) is 0 Å². The molecule has 3 rings (SSSR count). The summed E-state index contributed by atoms with van der Waals surface area (Å²) >= 11 is 15.0. The molecule has 25 heavy (non-hydrogen) atoms. The van der Waals surface area contributed by atoms with Crippen LogP contribution in [0, 0.1) is 47.4 Å². The molecule has 0 saturated heterocycles. The van der Waals surface area contributed by atoms with Crippen LogP contribution in [0.4, 0.5) is 4.39 Å². The van der Waals surface area contributed by atoms with E-state index in [9.17, 15) is 4.39 Å². The Labute approximate surface area is 168 Å². The summed E-state index contributed by atoms with van der Waals surface area (Å²) in [7, 11) is 0. The lowest BCUT2D eigenvalue weighted by atomic mass is 10.2. The molecule has 0 fully saturated rings. The average molecular weight is 417 g/mol. The zero-order chi connectivity index (χ0) is 19.1. The van der Waals surface area contributed by atoms with Gasteiger partial charge in [0, 0.05) is 20.3 Å². The minimum Gasteiger partial charge on any atom is -0.207 e. The minimum absolute atomic E-state index is 0.231. The molecule has 136 valence electrons. The van der Waals surface area contributed by atoms with E-state index in [1.807, 2.05) is 20.8 Å². The van der Waals surface area contributed by atoms with Crippen LogP contribution in [0.15, 0.2) is 29.0 Å². The largest absolute Gasteiger partial charge is 0.207 e. The van der Waals surface area contributed by atoms with E-state index in [1.54, 1.807) is 35.7 Å². The van der Waals surface area contributed by atoms with Gasteiger partial charge in [0.15, 0.2) is 0 Å². The second kappa shape index (κ2) is 10.3. The fourth-order valence-corrected chi connectivity index (χ4v) is 3.85. The summed E-state index contributed by atoms with van der Waals surface area (Å²) in [6.07, 6.45) is 0. The van der Waals surface area contributed by atoms with Crippen molar-refractivity contribution in [3.05, 3.63) is 76.8 Å². The summed E-state index contributed by atoms with van der Waals surface area (Å²) in [5.41, 5.74) is 3.94. The van der Waals surface area contributed by atoms with E-state index in [0.29, 0.717) is 10.6 Å². The van der Waals surface area contributed by atoms with Crippen molar-refractivity contribution in [2.24, 2.45) is 0 Å². The first kappa shape index (κ1) is 22.2. The van der Waals surface area contributed by atoms with Crippen molar-refractivity contribution in [1.82, 2.24) is 0 Å².